The predicted octanol–water partition coefficient (Wildman–Crippen LogP) is 1.06. The van der Waals surface area contributed by atoms with Crippen molar-refractivity contribution in [2.75, 3.05) is 26.8 Å². The number of ether oxygens (including phenoxy) is 1. The lowest BCUT2D eigenvalue weighted by molar-refractivity contribution is -0.126. The molecule has 0 bridgehead atoms. The molecule has 0 radical (unpaired) electrons. The first-order valence-electron chi connectivity index (χ1n) is 5.42. The van der Waals surface area contributed by atoms with Crippen molar-refractivity contribution >= 4 is 0 Å². The molecule has 1 aromatic rings. The normalized spacial score (nSPS) is 20.2. The fraction of sp³-hybridized carbons (Fsp3) is 0.500. The molecule has 0 aromatic heterocycles. The molecule has 1 heterocycles. The van der Waals surface area contributed by atoms with Crippen LogP contribution in [-0.2, 0) is 4.74 Å². The maximum atomic E-state index is 13.2. The summed E-state index contributed by atoms with van der Waals surface area (Å²) in [6.45, 7) is 1.80. The Hall–Kier alpha value is -0.970. The van der Waals surface area contributed by atoms with Gasteiger partial charge in [-0.3, -0.25) is 0 Å². The molecule has 2 rings (SSSR count). The zero-order chi connectivity index (χ0) is 11.6. The van der Waals surface area contributed by atoms with Crippen molar-refractivity contribution in [1.82, 2.24) is 5.32 Å². The summed E-state index contributed by atoms with van der Waals surface area (Å²) < 4.78 is 18.4. The lowest BCUT2D eigenvalue weighted by atomic mass is 9.75. The highest BCUT2D eigenvalue weighted by molar-refractivity contribution is 5.23. The van der Waals surface area contributed by atoms with Crippen LogP contribution in [0.3, 0.4) is 0 Å². The molecule has 0 aliphatic carbocycles. The molecule has 0 spiro atoms. The number of hydrogen-bond donors (Lipinski definition) is 2. The summed E-state index contributed by atoms with van der Waals surface area (Å²) in [6, 6.07) is 6.68. The van der Waals surface area contributed by atoms with E-state index in [2.05, 4.69) is 5.32 Å². The average molecular weight is 224 g/mol. The minimum atomic E-state index is -0.217. The Bertz CT molecular complexity index is 360. The molecule has 3 nitrogen and oxygen atoms in total. The number of nitrogens with two attached hydrogens (primary N) is 1. The van der Waals surface area contributed by atoms with Crippen LogP contribution in [0.2, 0.25) is 0 Å². The number of hydrogen-bond acceptors (Lipinski definition) is 3. The monoisotopic (exact) mass is 224 g/mol. The minimum absolute atomic E-state index is 0.0435. The molecule has 16 heavy (non-hydrogen) atoms. The van der Waals surface area contributed by atoms with Crippen molar-refractivity contribution in [2.45, 2.75) is 6.04 Å². The Morgan fingerprint density at radius 1 is 1.56 bits per heavy atom. The highest BCUT2D eigenvalue weighted by Gasteiger charge is 2.44. The van der Waals surface area contributed by atoms with Crippen LogP contribution < -0.4 is 11.1 Å². The molecular formula is C12H17FN2O. The van der Waals surface area contributed by atoms with Gasteiger partial charge in [-0.1, -0.05) is 12.1 Å². The number of halogens is 1. The quantitative estimate of drug-likeness (QED) is 0.804. The second-order valence-corrected chi connectivity index (χ2v) is 4.34. The van der Waals surface area contributed by atoms with Crippen LogP contribution in [0, 0.1) is 11.2 Å². The van der Waals surface area contributed by atoms with Crippen molar-refractivity contribution < 1.29 is 9.13 Å². The number of benzene rings is 1. The number of rotatable bonds is 4. The SMILES string of the molecule is CNC(c1cccc(F)c1)C1(CN)COC1. The molecule has 1 aliphatic heterocycles. The van der Waals surface area contributed by atoms with E-state index in [0.29, 0.717) is 19.8 Å². The van der Waals surface area contributed by atoms with Crippen molar-refractivity contribution in [1.29, 1.82) is 0 Å². The van der Waals surface area contributed by atoms with Gasteiger partial charge in [0.15, 0.2) is 0 Å². The van der Waals surface area contributed by atoms with Crippen molar-refractivity contribution in [2.24, 2.45) is 11.1 Å². The van der Waals surface area contributed by atoms with E-state index in [4.69, 9.17) is 10.5 Å². The lowest BCUT2D eigenvalue weighted by Crippen LogP contribution is -2.55. The largest absolute Gasteiger partial charge is 0.380 e. The van der Waals surface area contributed by atoms with Crippen LogP contribution in [0.1, 0.15) is 11.6 Å². The van der Waals surface area contributed by atoms with E-state index in [1.54, 1.807) is 12.1 Å². The Kier molecular flexibility index (Phi) is 3.23. The van der Waals surface area contributed by atoms with Crippen LogP contribution in [0.25, 0.3) is 0 Å². The molecule has 0 saturated carbocycles. The molecule has 88 valence electrons. The maximum Gasteiger partial charge on any atom is 0.123 e. The second-order valence-electron chi connectivity index (χ2n) is 4.34. The zero-order valence-electron chi connectivity index (χ0n) is 9.37. The van der Waals surface area contributed by atoms with E-state index >= 15 is 0 Å². The average Bonchev–Trinajstić information content (AvgIpc) is 2.23. The van der Waals surface area contributed by atoms with Gasteiger partial charge >= 0.3 is 0 Å². The van der Waals surface area contributed by atoms with Crippen molar-refractivity contribution in [3.8, 4) is 0 Å². The summed E-state index contributed by atoms with van der Waals surface area (Å²) in [4.78, 5) is 0. The Labute approximate surface area is 94.8 Å². The van der Waals surface area contributed by atoms with E-state index < -0.39 is 0 Å². The van der Waals surface area contributed by atoms with Gasteiger partial charge in [-0.05, 0) is 24.7 Å². The van der Waals surface area contributed by atoms with Crippen LogP contribution in [0.15, 0.2) is 24.3 Å². The molecule has 0 amide bonds. The summed E-state index contributed by atoms with van der Waals surface area (Å²) in [6.07, 6.45) is 0. The van der Waals surface area contributed by atoms with Crippen LogP contribution in [0.4, 0.5) is 4.39 Å². The van der Waals surface area contributed by atoms with E-state index in [1.165, 1.54) is 6.07 Å². The smallest absolute Gasteiger partial charge is 0.123 e. The first-order valence-corrected chi connectivity index (χ1v) is 5.42. The molecule has 1 aromatic carbocycles. The molecule has 1 fully saturated rings. The van der Waals surface area contributed by atoms with E-state index in [0.717, 1.165) is 5.56 Å². The molecular weight excluding hydrogens is 207 g/mol. The standard InChI is InChI=1S/C12H17FN2O/c1-15-11(12(6-14)7-16-8-12)9-3-2-4-10(13)5-9/h2-5,11,15H,6-8,14H2,1H3. The molecule has 3 N–H and O–H groups in total. The Morgan fingerprint density at radius 3 is 2.75 bits per heavy atom. The third kappa shape index (κ3) is 1.84. The Balaban J connectivity index is 2.28. The van der Waals surface area contributed by atoms with Gasteiger partial charge in [0, 0.05) is 18.0 Å². The fourth-order valence-electron chi connectivity index (χ4n) is 2.28. The van der Waals surface area contributed by atoms with Gasteiger partial charge in [0.1, 0.15) is 5.82 Å². The maximum absolute atomic E-state index is 13.2. The summed E-state index contributed by atoms with van der Waals surface area (Å²) in [7, 11) is 1.87. The topological polar surface area (TPSA) is 47.3 Å². The van der Waals surface area contributed by atoms with Crippen molar-refractivity contribution in [3.05, 3.63) is 35.6 Å². The molecule has 1 saturated heterocycles. The Morgan fingerprint density at radius 2 is 2.31 bits per heavy atom. The van der Waals surface area contributed by atoms with Gasteiger partial charge in [-0.15, -0.1) is 0 Å². The fourth-order valence-corrected chi connectivity index (χ4v) is 2.28. The van der Waals surface area contributed by atoms with E-state index in [1.807, 2.05) is 13.1 Å². The van der Waals surface area contributed by atoms with Gasteiger partial charge in [-0.2, -0.15) is 0 Å². The molecule has 4 heteroatoms. The highest BCUT2D eigenvalue weighted by Crippen LogP contribution is 2.39. The third-order valence-electron chi connectivity index (χ3n) is 3.27. The van der Waals surface area contributed by atoms with Crippen LogP contribution in [0.5, 0.6) is 0 Å². The summed E-state index contributed by atoms with van der Waals surface area (Å²) >= 11 is 0. The molecule has 1 atom stereocenters. The second kappa shape index (κ2) is 4.49. The highest BCUT2D eigenvalue weighted by atomic mass is 19.1. The van der Waals surface area contributed by atoms with Gasteiger partial charge in [0.05, 0.1) is 13.2 Å². The predicted molar refractivity (Wildman–Crippen MR) is 60.5 cm³/mol. The first kappa shape index (κ1) is 11.5. The summed E-state index contributed by atoms with van der Waals surface area (Å²) in [5.41, 5.74) is 6.64. The van der Waals surface area contributed by atoms with Crippen LogP contribution in [-0.4, -0.2) is 26.8 Å². The van der Waals surface area contributed by atoms with Gasteiger partial charge in [0.25, 0.3) is 0 Å². The summed E-state index contributed by atoms with van der Waals surface area (Å²) in [5.74, 6) is -0.217. The van der Waals surface area contributed by atoms with E-state index in [9.17, 15) is 4.39 Å². The van der Waals surface area contributed by atoms with Gasteiger partial charge < -0.3 is 15.8 Å². The zero-order valence-corrected chi connectivity index (χ0v) is 9.37. The third-order valence-corrected chi connectivity index (χ3v) is 3.27. The van der Waals surface area contributed by atoms with Gasteiger partial charge in [-0.25, -0.2) is 4.39 Å². The first-order chi connectivity index (χ1) is 7.72. The summed E-state index contributed by atoms with van der Waals surface area (Å²) in [5, 5.41) is 3.21. The van der Waals surface area contributed by atoms with Crippen molar-refractivity contribution in [3.63, 3.8) is 0 Å². The minimum Gasteiger partial charge on any atom is -0.380 e. The van der Waals surface area contributed by atoms with Gasteiger partial charge in [0.2, 0.25) is 0 Å². The number of nitrogens with one attached hydrogen (secondary N) is 1. The van der Waals surface area contributed by atoms with Crippen LogP contribution >= 0.6 is 0 Å². The molecule has 1 unspecified atom stereocenters. The lowest BCUT2D eigenvalue weighted by Gasteiger charge is -2.46. The van der Waals surface area contributed by atoms with E-state index in [-0.39, 0.29) is 17.3 Å². The molecule has 1 aliphatic rings.